The summed E-state index contributed by atoms with van der Waals surface area (Å²) < 4.78 is 25.2. The van der Waals surface area contributed by atoms with E-state index in [4.69, 9.17) is 0 Å². The number of hydrogen-bond acceptors (Lipinski definition) is 1. The molecule has 0 aromatic heterocycles. The molecule has 5 heteroatoms. The van der Waals surface area contributed by atoms with Crippen LogP contribution in [0, 0.1) is 5.82 Å². The first-order valence-corrected chi connectivity index (χ1v) is 4.74. The molecule has 0 fully saturated rings. The molecule has 0 spiro atoms. The van der Waals surface area contributed by atoms with Gasteiger partial charge < -0.3 is 5.32 Å². The van der Waals surface area contributed by atoms with Gasteiger partial charge in [0.2, 0.25) is 0 Å². The van der Waals surface area contributed by atoms with Crippen molar-refractivity contribution >= 4 is 21.8 Å². The Morgan fingerprint density at radius 3 is 2.79 bits per heavy atom. The minimum atomic E-state index is -0.669. The van der Waals surface area contributed by atoms with Crippen molar-refractivity contribution in [2.45, 2.75) is 0 Å². The molecule has 76 valence electrons. The summed E-state index contributed by atoms with van der Waals surface area (Å²) in [5, 5.41) is 2.25. The molecule has 1 aromatic rings. The van der Waals surface area contributed by atoms with E-state index in [1.54, 1.807) is 6.07 Å². The van der Waals surface area contributed by atoms with Crippen LogP contribution in [0.1, 0.15) is 10.4 Å². The van der Waals surface area contributed by atoms with Gasteiger partial charge in [-0.3, -0.25) is 4.79 Å². The fourth-order valence-electron chi connectivity index (χ4n) is 0.964. The van der Waals surface area contributed by atoms with Gasteiger partial charge in [-0.15, -0.1) is 0 Å². The molecular formula is C9H8BrF2NO. The van der Waals surface area contributed by atoms with Crippen LogP contribution < -0.4 is 5.32 Å². The Labute approximate surface area is 88.4 Å². The van der Waals surface area contributed by atoms with Crippen molar-refractivity contribution in [3.63, 3.8) is 0 Å². The molecule has 0 aliphatic heterocycles. The lowest BCUT2D eigenvalue weighted by atomic mass is 10.2. The molecule has 2 nitrogen and oxygen atoms in total. The smallest absolute Gasteiger partial charge is 0.255 e. The first-order chi connectivity index (χ1) is 6.66. The molecule has 0 bridgehead atoms. The Morgan fingerprint density at radius 1 is 1.50 bits per heavy atom. The van der Waals surface area contributed by atoms with Crippen molar-refractivity contribution in [3.8, 4) is 0 Å². The highest BCUT2D eigenvalue weighted by Gasteiger charge is 2.14. The normalized spacial score (nSPS) is 9.93. The maximum atomic E-state index is 13.1. The Morgan fingerprint density at radius 2 is 2.21 bits per heavy atom. The van der Waals surface area contributed by atoms with E-state index in [9.17, 15) is 13.6 Å². The summed E-state index contributed by atoms with van der Waals surface area (Å²) in [6.07, 6.45) is 0. The first-order valence-electron chi connectivity index (χ1n) is 3.95. The lowest BCUT2D eigenvalue weighted by molar-refractivity contribution is 0.0946. The molecule has 0 saturated carbocycles. The molecule has 0 aliphatic rings. The second-order valence-electron chi connectivity index (χ2n) is 2.54. The number of alkyl halides is 1. The lowest BCUT2D eigenvalue weighted by Gasteiger charge is -2.05. The number of halogens is 3. The summed E-state index contributed by atoms with van der Waals surface area (Å²) in [7, 11) is 0. The quantitative estimate of drug-likeness (QED) is 0.891. The number of benzene rings is 1. The highest BCUT2D eigenvalue weighted by Crippen LogP contribution is 2.19. The number of amides is 1. The zero-order valence-corrected chi connectivity index (χ0v) is 8.77. The van der Waals surface area contributed by atoms with Crippen molar-refractivity contribution in [3.05, 3.63) is 34.1 Å². The van der Waals surface area contributed by atoms with Crippen molar-refractivity contribution < 1.29 is 13.6 Å². The number of hydrogen-bond donors (Lipinski definition) is 1. The summed E-state index contributed by atoms with van der Waals surface area (Å²) in [5.74, 6) is -1.25. The molecule has 1 amide bonds. The van der Waals surface area contributed by atoms with Crippen LogP contribution in [0.15, 0.2) is 22.7 Å². The van der Waals surface area contributed by atoms with Crippen LogP contribution in [-0.4, -0.2) is 19.1 Å². The van der Waals surface area contributed by atoms with E-state index < -0.39 is 18.4 Å². The molecule has 14 heavy (non-hydrogen) atoms. The maximum absolute atomic E-state index is 13.1. The Bertz CT molecular complexity index is 323. The highest BCUT2D eigenvalue weighted by molar-refractivity contribution is 9.10. The topological polar surface area (TPSA) is 29.1 Å². The van der Waals surface area contributed by atoms with E-state index in [1.807, 2.05) is 0 Å². The van der Waals surface area contributed by atoms with E-state index in [0.717, 1.165) is 0 Å². The van der Waals surface area contributed by atoms with Crippen molar-refractivity contribution in [1.29, 1.82) is 0 Å². The van der Waals surface area contributed by atoms with Crippen LogP contribution in [0.4, 0.5) is 8.78 Å². The average Bonchev–Trinajstić information content (AvgIpc) is 2.14. The number of carbonyl (C=O) groups is 1. The van der Waals surface area contributed by atoms with Gasteiger partial charge >= 0.3 is 0 Å². The predicted octanol–water partition coefficient (Wildman–Crippen LogP) is 2.29. The first kappa shape index (κ1) is 11.1. The van der Waals surface area contributed by atoms with Crippen LogP contribution in [0.25, 0.3) is 0 Å². The van der Waals surface area contributed by atoms with Crippen molar-refractivity contribution in [2.75, 3.05) is 13.2 Å². The SMILES string of the molecule is O=C(NCCF)c1c(F)cccc1Br. The second-order valence-corrected chi connectivity index (χ2v) is 3.40. The van der Waals surface area contributed by atoms with E-state index in [1.165, 1.54) is 12.1 Å². The number of rotatable bonds is 3. The number of carbonyl (C=O) groups excluding carboxylic acids is 1. The van der Waals surface area contributed by atoms with Gasteiger partial charge in [-0.1, -0.05) is 6.07 Å². The minimum absolute atomic E-state index is 0.0963. The number of nitrogens with one attached hydrogen (secondary N) is 1. The summed E-state index contributed by atoms with van der Waals surface area (Å²) in [6, 6.07) is 4.20. The van der Waals surface area contributed by atoms with E-state index in [2.05, 4.69) is 21.2 Å². The zero-order chi connectivity index (χ0) is 10.6. The summed E-state index contributed by atoms with van der Waals surface area (Å²) >= 11 is 3.05. The third-order valence-corrected chi connectivity index (χ3v) is 2.23. The fourth-order valence-corrected chi connectivity index (χ4v) is 1.49. The van der Waals surface area contributed by atoms with Gasteiger partial charge in [0.1, 0.15) is 12.5 Å². The Kier molecular flexibility index (Phi) is 4.00. The van der Waals surface area contributed by atoms with Crippen LogP contribution in [0.2, 0.25) is 0 Å². The van der Waals surface area contributed by atoms with E-state index in [0.29, 0.717) is 4.47 Å². The third-order valence-electron chi connectivity index (χ3n) is 1.57. The molecule has 0 unspecified atom stereocenters. The van der Waals surface area contributed by atoms with Gasteiger partial charge in [0.15, 0.2) is 0 Å². The maximum Gasteiger partial charge on any atom is 0.255 e. The molecule has 0 atom stereocenters. The van der Waals surface area contributed by atoms with Crippen LogP contribution in [-0.2, 0) is 0 Å². The second kappa shape index (κ2) is 5.05. The van der Waals surface area contributed by atoms with Gasteiger partial charge in [-0.25, -0.2) is 8.78 Å². The van der Waals surface area contributed by atoms with Gasteiger partial charge in [0.25, 0.3) is 5.91 Å². The van der Waals surface area contributed by atoms with Gasteiger partial charge in [-0.2, -0.15) is 0 Å². The van der Waals surface area contributed by atoms with Crippen LogP contribution in [0.5, 0.6) is 0 Å². The van der Waals surface area contributed by atoms with Gasteiger partial charge in [0.05, 0.1) is 5.56 Å². The van der Waals surface area contributed by atoms with Crippen LogP contribution in [0.3, 0.4) is 0 Å². The van der Waals surface area contributed by atoms with Gasteiger partial charge in [0, 0.05) is 11.0 Å². The van der Waals surface area contributed by atoms with E-state index >= 15 is 0 Å². The molecule has 0 aliphatic carbocycles. The van der Waals surface area contributed by atoms with Crippen molar-refractivity contribution in [1.82, 2.24) is 5.32 Å². The molecule has 0 heterocycles. The summed E-state index contributed by atoms with van der Waals surface area (Å²) in [5.41, 5.74) is -0.0963. The van der Waals surface area contributed by atoms with Crippen molar-refractivity contribution in [2.24, 2.45) is 0 Å². The predicted molar refractivity (Wildman–Crippen MR) is 52.4 cm³/mol. The Hall–Kier alpha value is -0.970. The molecule has 1 N–H and O–H groups in total. The largest absolute Gasteiger partial charge is 0.349 e. The van der Waals surface area contributed by atoms with Gasteiger partial charge in [-0.05, 0) is 28.1 Å². The monoisotopic (exact) mass is 263 g/mol. The standard InChI is InChI=1S/C9H8BrF2NO/c10-6-2-1-3-7(12)8(6)9(14)13-5-4-11/h1-3H,4-5H2,(H,13,14). The molecular weight excluding hydrogens is 256 g/mol. The minimum Gasteiger partial charge on any atom is -0.349 e. The van der Waals surface area contributed by atoms with Crippen LogP contribution >= 0.6 is 15.9 Å². The van der Waals surface area contributed by atoms with E-state index in [-0.39, 0.29) is 12.1 Å². The molecule has 1 rings (SSSR count). The fraction of sp³-hybridized carbons (Fsp3) is 0.222. The summed E-state index contributed by atoms with van der Waals surface area (Å²) in [6.45, 7) is -0.780. The third kappa shape index (κ3) is 2.51. The molecule has 1 aromatic carbocycles. The zero-order valence-electron chi connectivity index (χ0n) is 7.19. The molecule has 0 radical (unpaired) electrons. The Balaban J connectivity index is 2.89. The lowest BCUT2D eigenvalue weighted by Crippen LogP contribution is -2.26. The average molecular weight is 264 g/mol. The summed E-state index contributed by atoms with van der Waals surface area (Å²) in [4.78, 5) is 11.3. The molecule has 0 saturated heterocycles. The highest BCUT2D eigenvalue weighted by atomic mass is 79.9.